The van der Waals surface area contributed by atoms with E-state index in [2.05, 4.69) is 15.8 Å². The molecule has 0 spiro atoms. The quantitative estimate of drug-likeness (QED) is 0.164. The number of hydrogen-bond donors (Lipinski definition) is 3. The van der Waals surface area contributed by atoms with Crippen LogP contribution in [-0.4, -0.2) is 48.4 Å². The molecule has 0 aliphatic heterocycles. The number of amides is 2. The van der Waals surface area contributed by atoms with Crippen molar-refractivity contribution in [2.75, 3.05) is 18.5 Å². The third-order valence-electron chi connectivity index (χ3n) is 6.35. The molecule has 11 heteroatoms. The number of phenols is 1. The number of anilines is 1. The van der Waals surface area contributed by atoms with Crippen molar-refractivity contribution in [2.24, 2.45) is 5.10 Å². The summed E-state index contributed by atoms with van der Waals surface area (Å²) in [6, 6.07) is 11.1. The molecule has 0 radical (unpaired) electrons. The number of phenolic OH excluding ortho intramolecular Hbond substituents is 1. The molecule has 1 heterocycles. The third-order valence-corrected chi connectivity index (χ3v) is 7.56. The molecule has 0 saturated heterocycles. The van der Waals surface area contributed by atoms with E-state index in [0.717, 1.165) is 36.1 Å². The van der Waals surface area contributed by atoms with Crippen molar-refractivity contribution in [3.8, 4) is 17.2 Å². The Bertz CT molecular complexity index is 1430. The molecule has 216 valence electrons. The monoisotopic (exact) mass is 579 g/mol. The van der Waals surface area contributed by atoms with Crippen molar-refractivity contribution in [3.05, 3.63) is 69.6 Å². The van der Waals surface area contributed by atoms with E-state index in [1.165, 1.54) is 23.6 Å². The number of rotatable bonds is 11. The van der Waals surface area contributed by atoms with Crippen molar-refractivity contribution in [1.29, 1.82) is 0 Å². The van der Waals surface area contributed by atoms with E-state index in [1.54, 1.807) is 50.2 Å². The van der Waals surface area contributed by atoms with E-state index >= 15 is 0 Å². The van der Waals surface area contributed by atoms with Crippen LogP contribution in [0.15, 0.2) is 47.6 Å². The number of esters is 1. The molecule has 0 fully saturated rings. The fraction of sp³-hybridized carbons (Fsp3) is 0.333. The van der Waals surface area contributed by atoms with Crippen LogP contribution in [-0.2, 0) is 22.4 Å². The molecule has 0 unspecified atom stereocenters. The Kier molecular flexibility index (Phi) is 9.96. The molecule has 10 nitrogen and oxygen atoms in total. The fourth-order valence-electron chi connectivity index (χ4n) is 4.33. The number of carbonyl (C=O) groups is 3. The van der Waals surface area contributed by atoms with E-state index in [-0.39, 0.29) is 18.3 Å². The standard InChI is InChI=1S/C30H33N3O7S/c1-4-38-24-16-19(10-15-23(24)34)17-31-33-27(35)18(3)40-21-13-11-20(12-14-21)28(36)32-29-26(30(37)39-5-2)22-8-6-7-9-25(22)41-29/h10-18,34H,4-9H2,1-3H3,(H,32,36)(H,33,35)/b31-17-/t18-/m0/s1. The highest BCUT2D eigenvalue weighted by Gasteiger charge is 2.27. The maximum atomic E-state index is 13.0. The van der Waals surface area contributed by atoms with Gasteiger partial charge in [-0.15, -0.1) is 11.3 Å². The van der Waals surface area contributed by atoms with Gasteiger partial charge in [0.2, 0.25) is 0 Å². The van der Waals surface area contributed by atoms with Gasteiger partial charge in [0.1, 0.15) is 10.8 Å². The summed E-state index contributed by atoms with van der Waals surface area (Å²) in [6.07, 6.45) is 4.30. The second kappa shape index (κ2) is 13.8. The Morgan fingerprint density at radius 3 is 2.56 bits per heavy atom. The first-order valence-corrected chi connectivity index (χ1v) is 14.3. The van der Waals surface area contributed by atoms with Crippen molar-refractivity contribution in [1.82, 2.24) is 5.43 Å². The van der Waals surface area contributed by atoms with Gasteiger partial charge < -0.3 is 24.6 Å². The predicted molar refractivity (Wildman–Crippen MR) is 156 cm³/mol. The summed E-state index contributed by atoms with van der Waals surface area (Å²) in [7, 11) is 0. The largest absolute Gasteiger partial charge is 0.504 e. The molecule has 2 amide bonds. The highest BCUT2D eigenvalue weighted by Crippen LogP contribution is 2.39. The molecular formula is C30H33N3O7S. The molecule has 3 N–H and O–H groups in total. The van der Waals surface area contributed by atoms with Gasteiger partial charge in [-0.05, 0) is 100 Å². The Morgan fingerprint density at radius 1 is 1.07 bits per heavy atom. The average Bonchev–Trinajstić information content (AvgIpc) is 3.33. The topological polar surface area (TPSA) is 136 Å². The molecule has 3 aromatic rings. The smallest absolute Gasteiger partial charge is 0.341 e. The molecule has 4 rings (SSSR count). The minimum atomic E-state index is -0.866. The number of hydrogen-bond acceptors (Lipinski definition) is 9. The maximum absolute atomic E-state index is 13.0. The summed E-state index contributed by atoms with van der Waals surface area (Å²) in [4.78, 5) is 39.2. The number of fused-ring (bicyclic) bond motifs is 1. The molecule has 1 aliphatic carbocycles. The zero-order valence-corrected chi connectivity index (χ0v) is 24.0. The van der Waals surface area contributed by atoms with Gasteiger partial charge in [-0.25, -0.2) is 10.2 Å². The van der Waals surface area contributed by atoms with E-state index < -0.39 is 18.0 Å². The van der Waals surface area contributed by atoms with Gasteiger partial charge in [0.05, 0.1) is 25.0 Å². The maximum Gasteiger partial charge on any atom is 0.341 e. The first-order valence-electron chi connectivity index (χ1n) is 13.5. The molecule has 0 bridgehead atoms. The van der Waals surface area contributed by atoms with Gasteiger partial charge in [-0.1, -0.05) is 0 Å². The summed E-state index contributed by atoms with van der Waals surface area (Å²) in [6.45, 7) is 5.80. The summed E-state index contributed by atoms with van der Waals surface area (Å²) >= 11 is 1.43. The minimum Gasteiger partial charge on any atom is -0.504 e. The van der Waals surface area contributed by atoms with Gasteiger partial charge in [0, 0.05) is 10.4 Å². The number of hydrazone groups is 1. The molecule has 0 saturated carbocycles. The Balaban J connectivity index is 1.34. The summed E-state index contributed by atoms with van der Waals surface area (Å²) in [5.41, 5.74) is 4.87. The van der Waals surface area contributed by atoms with Crippen LogP contribution in [0, 0.1) is 0 Å². The van der Waals surface area contributed by atoms with Crippen LogP contribution < -0.4 is 20.2 Å². The fourth-order valence-corrected chi connectivity index (χ4v) is 5.61. The number of benzene rings is 2. The van der Waals surface area contributed by atoms with E-state index in [0.29, 0.717) is 39.8 Å². The number of aryl methyl sites for hydroxylation is 1. The minimum absolute atomic E-state index is 0.0187. The summed E-state index contributed by atoms with van der Waals surface area (Å²) < 4.78 is 16.3. The lowest BCUT2D eigenvalue weighted by Crippen LogP contribution is -2.33. The zero-order valence-electron chi connectivity index (χ0n) is 23.2. The van der Waals surface area contributed by atoms with Crippen LogP contribution in [0.4, 0.5) is 5.00 Å². The van der Waals surface area contributed by atoms with Gasteiger partial charge in [-0.2, -0.15) is 5.10 Å². The first-order chi connectivity index (χ1) is 19.8. The number of aromatic hydroxyl groups is 1. The van der Waals surface area contributed by atoms with Crippen molar-refractivity contribution < 1.29 is 33.7 Å². The van der Waals surface area contributed by atoms with Gasteiger partial charge in [-0.3, -0.25) is 9.59 Å². The third kappa shape index (κ3) is 7.43. The summed E-state index contributed by atoms with van der Waals surface area (Å²) in [5, 5.41) is 17.1. The first kappa shape index (κ1) is 29.6. The highest BCUT2D eigenvalue weighted by molar-refractivity contribution is 7.17. The van der Waals surface area contributed by atoms with E-state index in [1.807, 2.05) is 6.92 Å². The predicted octanol–water partition coefficient (Wildman–Crippen LogP) is 5.08. The Hall–Kier alpha value is -4.38. The number of carbonyl (C=O) groups excluding carboxylic acids is 3. The number of thiophene rings is 1. The Morgan fingerprint density at radius 2 is 1.83 bits per heavy atom. The lowest BCUT2D eigenvalue weighted by atomic mass is 9.95. The Labute approximate surface area is 242 Å². The van der Waals surface area contributed by atoms with Gasteiger partial charge in [0.15, 0.2) is 17.6 Å². The van der Waals surface area contributed by atoms with Crippen LogP contribution in [0.2, 0.25) is 0 Å². The molecule has 1 aromatic heterocycles. The van der Waals surface area contributed by atoms with E-state index in [9.17, 15) is 19.5 Å². The van der Waals surface area contributed by atoms with Crippen LogP contribution in [0.3, 0.4) is 0 Å². The second-order valence-corrected chi connectivity index (χ2v) is 10.4. The number of ether oxygens (including phenoxy) is 3. The van der Waals surface area contributed by atoms with Crippen molar-refractivity contribution >= 4 is 40.3 Å². The molecule has 2 aromatic carbocycles. The molecule has 1 aliphatic rings. The highest BCUT2D eigenvalue weighted by atomic mass is 32.1. The lowest BCUT2D eigenvalue weighted by molar-refractivity contribution is -0.127. The lowest BCUT2D eigenvalue weighted by Gasteiger charge is -2.13. The normalized spacial score (nSPS) is 13.2. The van der Waals surface area contributed by atoms with E-state index in [4.69, 9.17) is 14.2 Å². The van der Waals surface area contributed by atoms with Crippen LogP contribution >= 0.6 is 11.3 Å². The van der Waals surface area contributed by atoms with Crippen LogP contribution in [0.25, 0.3) is 0 Å². The second-order valence-electron chi connectivity index (χ2n) is 9.27. The molecular weight excluding hydrogens is 546 g/mol. The van der Waals surface area contributed by atoms with Gasteiger partial charge in [0.25, 0.3) is 11.8 Å². The molecule has 41 heavy (non-hydrogen) atoms. The molecule has 1 atom stereocenters. The SMILES string of the molecule is CCOC(=O)c1c(NC(=O)c2ccc(O[C@@H](C)C(=O)N/N=C\c3ccc(O)c(OCC)c3)cc2)sc2c1CCCC2. The average molecular weight is 580 g/mol. The van der Waals surface area contributed by atoms with Crippen LogP contribution in [0.1, 0.15) is 70.3 Å². The summed E-state index contributed by atoms with van der Waals surface area (Å²) in [5.74, 6) is -0.508. The van der Waals surface area contributed by atoms with Crippen molar-refractivity contribution in [2.45, 2.75) is 52.6 Å². The number of nitrogens with one attached hydrogen (secondary N) is 2. The van der Waals surface area contributed by atoms with Crippen molar-refractivity contribution in [3.63, 3.8) is 0 Å². The van der Waals surface area contributed by atoms with Crippen LogP contribution in [0.5, 0.6) is 17.2 Å². The van der Waals surface area contributed by atoms with Gasteiger partial charge >= 0.3 is 5.97 Å². The number of nitrogens with zero attached hydrogens (tertiary/aromatic N) is 1. The zero-order chi connectivity index (χ0) is 29.4.